The van der Waals surface area contributed by atoms with E-state index in [-0.39, 0.29) is 5.91 Å². The van der Waals surface area contributed by atoms with Crippen molar-refractivity contribution in [3.05, 3.63) is 64.7 Å². The van der Waals surface area contributed by atoms with Crippen LogP contribution in [0.25, 0.3) is 0 Å². The number of carbonyl (C=O) groups is 1. The van der Waals surface area contributed by atoms with E-state index in [1.165, 1.54) is 11.3 Å². The van der Waals surface area contributed by atoms with Crippen LogP contribution in [-0.2, 0) is 6.54 Å². The summed E-state index contributed by atoms with van der Waals surface area (Å²) in [7, 11) is 0. The molecule has 2 aliphatic rings. The maximum atomic E-state index is 12.9. The molecule has 0 N–H and O–H groups in total. The van der Waals surface area contributed by atoms with Crippen LogP contribution < -0.4 is 4.90 Å². The van der Waals surface area contributed by atoms with E-state index in [9.17, 15) is 4.79 Å². The Hall–Kier alpha value is -2.08. The third-order valence-electron chi connectivity index (χ3n) is 6.25. The molecular weight excluding hydrogens is 396 g/mol. The summed E-state index contributed by atoms with van der Waals surface area (Å²) in [6.07, 6.45) is 0. The molecule has 4 rings (SSSR count). The molecule has 0 atom stereocenters. The summed E-state index contributed by atoms with van der Waals surface area (Å²) in [5.74, 6) is 0.167. The summed E-state index contributed by atoms with van der Waals surface area (Å²) >= 11 is 6.01. The quantitative estimate of drug-likeness (QED) is 0.732. The normalized spacial score (nSPS) is 18.6. The lowest BCUT2D eigenvalue weighted by molar-refractivity contribution is 0.0643. The maximum absolute atomic E-state index is 12.9. The molecule has 6 heteroatoms. The Kier molecular flexibility index (Phi) is 6.93. The lowest BCUT2D eigenvalue weighted by Gasteiger charge is -2.36. The largest absolute Gasteiger partial charge is 0.369 e. The number of rotatable bonds is 5. The fourth-order valence-electron chi connectivity index (χ4n) is 4.33. The molecule has 0 saturated carbocycles. The van der Waals surface area contributed by atoms with Gasteiger partial charge in [0.05, 0.1) is 0 Å². The van der Waals surface area contributed by atoms with Crippen molar-refractivity contribution in [2.45, 2.75) is 13.5 Å². The number of likely N-dealkylation sites (N-methyl/N-ethyl adjacent to an activating group) is 1. The van der Waals surface area contributed by atoms with Crippen molar-refractivity contribution in [1.82, 2.24) is 14.7 Å². The number of anilines is 1. The molecule has 160 valence electrons. The molecule has 2 fully saturated rings. The molecule has 0 bridgehead atoms. The van der Waals surface area contributed by atoms with Crippen molar-refractivity contribution in [2.24, 2.45) is 0 Å². The van der Waals surface area contributed by atoms with Crippen LogP contribution in [0.3, 0.4) is 0 Å². The third kappa shape index (κ3) is 5.15. The predicted molar refractivity (Wildman–Crippen MR) is 123 cm³/mol. The van der Waals surface area contributed by atoms with Crippen LogP contribution in [-0.4, -0.2) is 79.5 Å². The molecule has 0 radical (unpaired) electrons. The molecule has 2 aromatic carbocycles. The topological polar surface area (TPSA) is 30.0 Å². The molecule has 0 aromatic heterocycles. The lowest BCUT2D eigenvalue weighted by atomic mass is 10.1. The minimum atomic E-state index is 0.167. The third-order valence-corrected chi connectivity index (χ3v) is 6.50. The SMILES string of the molecule is CCN1CCN(C(=O)c2cccc(CN3CCN(c4ccc(Cl)cc4)CC3)c2)CC1. The predicted octanol–water partition coefficient (Wildman–Crippen LogP) is 3.44. The first-order valence-corrected chi connectivity index (χ1v) is 11.3. The van der Waals surface area contributed by atoms with Crippen molar-refractivity contribution in [3.8, 4) is 0 Å². The van der Waals surface area contributed by atoms with Gasteiger partial charge < -0.3 is 14.7 Å². The van der Waals surface area contributed by atoms with Gasteiger partial charge in [0.25, 0.3) is 5.91 Å². The molecule has 1 amide bonds. The molecular formula is C24H31ClN4O. The van der Waals surface area contributed by atoms with E-state index in [1.54, 1.807) is 0 Å². The maximum Gasteiger partial charge on any atom is 0.253 e. The highest BCUT2D eigenvalue weighted by molar-refractivity contribution is 6.30. The van der Waals surface area contributed by atoms with Crippen LogP contribution in [0, 0.1) is 0 Å². The second-order valence-corrected chi connectivity index (χ2v) is 8.60. The summed E-state index contributed by atoms with van der Waals surface area (Å²) in [5, 5.41) is 0.777. The lowest BCUT2D eigenvalue weighted by Crippen LogP contribution is -2.48. The summed E-state index contributed by atoms with van der Waals surface area (Å²) < 4.78 is 0. The highest BCUT2D eigenvalue weighted by Gasteiger charge is 2.22. The first-order chi connectivity index (χ1) is 14.6. The van der Waals surface area contributed by atoms with E-state index in [0.29, 0.717) is 0 Å². The van der Waals surface area contributed by atoms with Gasteiger partial charge in [-0.2, -0.15) is 0 Å². The van der Waals surface area contributed by atoms with E-state index in [1.807, 2.05) is 29.2 Å². The highest BCUT2D eigenvalue weighted by Crippen LogP contribution is 2.20. The fourth-order valence-corrected chi connectivity index (χ4v) is 4.45. The number of benzene rings is 2. The van der Waals surface area contributed by atoms with Crippen molar-refractivity contribution in [1.29, 1.82) is 0 Å². The molecule has 0 spiro atoms. The molecule has 2 aromatic rings. The Morgan fingerprint density at radius 1 is 0.867 bits per heavy atom. The Balaban J connectivity index is 1.31. The second-order valence-electron chi connectivity index (χ2n) is 8.17. The van der Waals surface area contributed by atoms with E-state index >= 15 is 0 Å². The van der Waals surface area contributed by atoms with E-state index in [4.69, 9.17) is 11.6 Å². The number of halogens is 1. The van der Waals surface area contributed by atoms with Gasteiger partial charge in [-0.05, 0) is 48.5 Å². The number of nitrogens with zero attached hydrogens (tertiary/aromatic N) is 4. The van der Waals surface area contributed by atoms with E-state index in [2.05, 4.69) is 45.9 Å². The van der Waals surface area contributed by atoms with Gasteiger partial charge in [0, 0.05) is 75.2 Å². The molecule has 2 aliphatic heterocycles. The monoisotopic (exact) mass is 426 g/mol. The average Bonchev–Trinajstić information content (AvgIpc) is 2.80. The van der Waals surface area contributed by atoms with Gasteiger partial charge in [0.1, 0.15) is 0 Å². The number of amides is 1. The van der Waals surface area contributed by atoms with Crippen molar-refractivity contribution in [3.63, 3.8) is 0 Å². The minimum Gasteiger partial charge on any atom is -0.369 e. The van der Waals surface area contributed by atoms with E-state index in [0.717, 1.165) is 76.0 Å². The van der Waals surface area contributed by atoms with Crippen LogP contribution in [0.5, 0.6) is 0 Å². The first-order valence-electron chi connectivity index (χ1n) is 11.0. The number of piperazine rings is 2. The Morgan fingerprint density at radius 3 is 2.20 bits per heavy atom. The zero-order valence-electron chi connectivity index (χ0n) is 17.8. The average molecular weight is 427 g/mol. The molecule has 2 saturated heterocycles. The van der Waals surface area contributed by atoms with Gasteiger partial charge in [0.2, 0.25) is 0 Å². The summed E-state index contributed by atoms with van der Waals surface area (Å²) in [6.45, 7) is 11.7. The number of carbonyl (C=O) groups excluding carboxylic acids is 1. The molecule has 5 nitrogen and oxygen atoms in total. The smallest absolute Gasteiger partial charge is 0.253 e. The van der Waals surface area contributed by atoms with Gasteiger partial charge in [-0.15, -0.1) is 0 Å². The van der Waals surface area contributed by atoms with Crippen molar-refractivity contribution < 1.29 is 4.79 Å². The zero-order chi connectivity index (χ0) is 20.9. The highest BCUT2D eigenvalue weighted by atomic mass is 35.5. The van der Waals surface area contributed by atoms with Crippen molar-refractivity contribution in [2.75, 3.05) is 63.8 Å². The van der Waals surface area contributed by atoms with Gasteiger partial charge in [-0.3, -0.25) is 9.69 Å². The molecule has 30 heavy (non-hydrogen) atoms. The molecule has 0 aliphatic carbocycles. The van der Waals surface area contributed by atoms with Gasteiger partial charge in [-0.25, -0.2) is 0 Å². The number of hydrogen-bond acceptors (Lipinski definition) is 4. The minimum absolute atomic E-state index is 0.167. The Labute approximate surface area is 184 Å². The van der Waals surface area contributed by atoms with Gasteiger partial charge in [-0.1, -0.05) is 30.7 Å². The Bertz CT molecular complexity index is 841. The Morgan fingerprint density at radius 2 is 1.53 bits per heavy atom. The number of hydrogen-bond donors (Lipinski definition) is 0. The first kappa shape index (κ1) is 21.2. The standard InChI is InChI=1S/C24H31ClN4O/c1-2-26-10-16-29(17-11-26)24(30)21-5-3-4-20(18-21)19-27-12-14-28(15-13-27)23-8-6-22(25)7-9-23/h3-9,18H,2,10-17,19H2,1H3. The van der Waals surface area contributed by atoms with Crippen LogP contribution in [0.4, 0.5) is 5.69 Å². The fraction of sp³-hybridized carbons (Fsp3) is 0.458. The summed E-state index contributed by atoms with van der Waals surface area (Å²) in [6, 6.07) is 16.3. The van der Waals surface area contributed by atoms with Crippen LogP contribution >= 0.6 is 11.6 Å². The van der Waals surface area contributed by atoms with Crippen LogP contribution in [0.1, 0.15) is 22.8 Å². The zero-order valence-corrected chi connectivity index (χ0v) is 18.5. The summed E-state index contributed by atoms with van der Waals surface area (Å²) in [5.41, 5.74) is 3.26. The van der Waals surface area contributed by atoms with Gasteiger partial charge >= 0.3 is 0 Å². The van der Waals surface area contributed by atoms with Crippen molar-refractivity contribution >= 4 is 23.2 Å². The second kappa shape index (κ2) is 9.82. The van der Waals surface area contributed by atoms with Crippen LogP contribution in [0.15, 0.2) is 48.5 Å². The van der Waals surface area contributed by atoms with E-state index < -0.39 is 0 Å². The molecule has 2 heterocycles. The van der Waals surface area contributed by atoms with Gasteiger partial charge in [0.15, 0.2) is 0 Å². The summed E-state index contributed by atoms with van der Waals surface area (Å²) in [4.78, 5) is 22.2. The van der Waals surface area contributed by atoms with Crippen LogP contribution in [0.2, 0.25) is 5.02 Å². The molecule has 0 unspecified atom stereocenters.